The zero-order valence-electron chi connectivity index (χ0n) is 26.3. The molecule has 1 heterocycles. The van der Waals surface area contributed by atoms with E-state index in [4.69, 9.17) is 4.74 Å². The number of nitrogens with one attached hydrogen (secondary N) is 4. The minimum atomic E-state index is -0.753. The van der Waals surface area contributed by atoms with Gasteiger partial charge in [0.1, 0.15) is 18.4 Å². The van der Waals surface area contributed by atoms with Gasteiger partial charge in [0.15, 0.2) is 0 Å². The van der Waals surface area contributed by atoms with E-state index < -0.39 is 6.04 Å². The van der Waals surface area contributed by atoms with Crippen LogP contribution in [0.5, 0.6) is 5.75 Å². The Kier molecular flexibility index (Phi) is 11.5. The molecule has 0 unspecified atom stereocenters. The Morgan fingerprint density at radius 2 is 1.67 bits per heavy atom. The van der Waals surface area contributed by atoms with E-state index in [0.717, 1.165) is 17.7 Å². The van der Waals surface area contributed by atoms with Gasteiger partial charge in [-0.3, -0.25) is 14.4 Å². The number of benzene rings is 3. The molecule has 4 N–H and O–H groups in total. The standard InChI is InChI=1S/C35H42N6O4/c1-35(2,3)21-31(34(44)39-29-12-8-25(9-13-29)23-41-18-16-37-24-41)40-33(43)28-7-5-6-26(20-28)22-38-32(42)27-10-14-30(15-11-27)45-19-17-36-4/h5-16,18,20,24,31,36H,17,19,21-23H2,1-4H3,(H,38,42)(H,39,44)(H,40,43)/t31-/m0/s1. The van der Waals surface area contributed by atoms with Crippen LogP contribution in [0.3, 0.4) is 0 Å². The Labute approximate surface area is 264 Å². The maximum atomic E-state index is 13.4. The van der Waals surface area contributed by atoms with Crippen molar-refractivity contribution in [3.63, 3.8) is 0 Å². The lowest BCUT2D eigenvalue weighted by atomic mass is 9.87. The second kappa shape index (κ2) is 15.7. The van der Waals surface area contributed by atoms with Crippen molar-refractivity contribution in [1.82, 2.24) is 25.5 Å². The maximum absolute atomic E-state index is 13.4. The molecule has 0 radical (unpaired) electrons. The number of carbonyl (C=O) groups excluding carboxylic acids is 3. The summed E-state index contributed by atoms with van der Waals surface area (Å²) in [6.45, 7) is 8.26. The van der Waals surface area contributed by atoms with E-state index in [2.05, 4.69) is 26.3 Å². The van der Waals surface area contributed by atoms with Crippen molar-refractivity contribution in [2.45, 2.75) is 46.3 Å². The molecule has 10 nitrogen and oxygen atoms in total. The van der Waals surface area contributed by atoms with Crippen molar-refractivity contribution in [1.29, 1.82) is 0 Å². The predicted octanol–water partition coefficient (Wildman–Crippen LogP) is 4.63. The van der Waals surface area contributed by atoms with E-state index >= 15 is 0 Å². The smallest absolute Gasteiger partial charge is 0.251 e. The van der Waals surface area contributed by atoms with E-state index in [1.807, 2.05) is 68.9 Å². The zero-order valence-corrected chi connectivity index (χ0v) is 26.3. The second-order valence-corrected chi connectivity index (χ2v) is 12.1. The largest absolute Gasteiger partial charge is 0.492 e. The van der Waals surface area contributed by atoms with Crippen molar-refractivity contribution in [2.75, 3.05) is 25.5 Å². The lowest BCUT2D eigenvalue weighted by molar-refractivity contribution is -0.118. The van der Waals surface area contributed by atoms with Crippen LogP contribution in [0, 0.1) is 5.41 Å². The molecule has 4 rings (SSSR count). The molecule has 3 amide bonds. The highest BCUT2D eigenvalue weighted by molar-refractivity contribution is 6.01. The van der Waals surface area contributed by atoms with Gasteiger partial charge in [0.25, 0.3) is 11.8 Å². The monoisotopic (exact) mass is 610 g/mol. The summed E-state index contributed by atoms with van der Waals surface area (Å²) in [4.78, 5) is 43.5. The number of hydrogen-bond acceptors (Lipinski definition) is 6. The molecule has 1 aromatic heterocycles. The summed E-state index contributed by atoms with van der Waals surface area (Å²) in [5, 5.41) is 11.8. The molecule has 1 atom stereocenters. The number of ether oxygens (including phenoxy) is 1. The molecule has 10 heteroatoms. The third-order valence-corrected chi connectivity index (χ3v) is 6.96. The fourth-order valence-corrected chi connectivity index (χ4v) is 4.66. The van der Waals surface area contributed by atoms with Crippen LogP contribution in [-0.2, 0) is 17.9 Å². The van der Waals surface area contributed by atoms with Gasteiger partial charge in [-0.05, 0) is 78.5 Å². The van der Waals surface area contributed by atoms with Gasteiger partial charge in [-0.1, -0.05) is 45.0 Å². The molecule has 0 saturated carbocycles. The maximum Gasteiger partial charge on any atom is 0.251 e. The third-order valence-electron chi connectivity index (χ3n) is 6.96. The lowest BCUT2D eigenvalue weighted by Crippen LogP contribution is -2.45. The normalized spacial score (nSPS) is 11.8. The molecule has 4 aromatic rings. The first-order chi connectivity index (χ1) is 21.6. The Bertz CT molecular complexity index is 1540. The third kappa shape index (κ3) is 10.6. The molecule has 45 heavy (non-hydrogen) atoms. The van der Waals surface area contributed by atoms with Crippen LogP contribution in [0.15, 0.2) is 91.5 Å². The fraction of sp³-hybridized carbons (Fsp3) is 0.314. The number of amides is 3. The topological polar surface area (TPSA) is 126 Å². The Morgan fingerprint density at radius 1 is 0.911 bits per heavy atom. The molecular formula is C35H42N6O4. The summed E-state index contributed by atoms with van der Waals surface area (Å²) < 4.78 is 7.57. The minimum absolute atomic E-state index is 0.215. The van der Waals surface area contributed by atoms with Crippen LogP contribution in [0.1, 0.15) is 59.0 Å². The molecule has 0 fully saturated rings. The average molecular weight is 611 g/mol. The van der Waals surface area contributed by atoms with E-state index in [1.54, 1.807) is 55.0 Å². The SMILES string of the molecule is CNCCOc1ccc(C(=O)NCc2cccc(C(=O)N[C@@H](CC(C)(C)C)C(=O)Nc3ccc(Cn4ccnc4)cc3)c2)cc1. The van der Waals surface area contributed by atoms with Gasteiger partial charge in [-0.25, -0.2) is 4.98 Å². The summed E-state index contributed by atoms with van der Waals surface area (Å²) in [5.41, 5.74) is 3.18. The summed E-state index contributed by atoms with van der Waals surface area (Å²) >= 11 is 0. The summed E-state index contributed by atoms with van der Waals surface area (Å²) in [6.07, 6.45) is 5.82. The number of anilines is 1. The van der Waals surface area contributed by atoms with Gasteiger partial charge >= 0.3 is 0 Å². The van der Waals surface area contributed by atoms with Crippen molar-refractivity contribution < 1.29 is 19.1 Å². The number of hydrogen-bond donors (Lipinski definition) is 4. The highest BCUT2D eigenvalue weighted by Crippen LogP contribution is 2.22. The summed E-state index contributed by atoms with van der Waals surface area (Å²) in [5.74, 6) is -0.193. The number of likely N-dealkylation sites (N-methyl/N-ethyl adjacent to an activating group) is 1. The van der Waals surface area contributed by atoms with Gasteiger partial charge in [0, 0.05) is 48.8 Å². The Balaban J connectivity index is 1.35. The van der Waals surface area contributed by atoms with Gasteiger partial charge < -0.3 is 30.6 Å². The molecule has 0 aliphatic heterocycles. The van der Waals surface area contributed by atoms with Crippen molar-refractivity contribution in [3.8, 4) is 5.75 Å². The van der Waals surface area contributed by atoms with Crippen LogP contribution in [0.4, 0.5) is 5.69 Å². The number of carbonyl (C=O) groups is 3. The van der Waals surface area contributed by atoms with Crippen LogP contribution < -0.4 is 26.0 Å². The van der Waals surface area contributed by atoms with Crippen LogP contribution in [0.25, 0.3) is 0 Å². The molecule has 0 saturated heterocycles. The molecule has 0 aliphatic carbocycles. The zero-order chi connectivity index (χ0) is 32.2. The van der Waals surface area contributed by atoms with E-state index in [1.165, 1.54) is 0 Å². The van der Waals surface area contributed by atoms with E-state index in [0.29, 0.717) is 42.1 Å². The summed E-state index contributed by atoms with van der Waals surface area (Å²) in [6, 6.07) is 20.8. The summed E-state index contributed by atoms with van der Waals surface area (Å²) in [7, 11) is 1.86. The number of rotatable bonds is 14. The van der Waals surface area contributed by atoms with Crippen molar-refractivity contribution in [2.24, 2.45) is 5.41 Å². The number of aromatic nitrogens is 2. The van der Waals surface area contributed by atoms with Gasteiger partial charge in [0.2, 0.25) is 5.91 Å². The first-order valence-corrected chi connectivity index (χ1v) is 15.0. The average Bonchev–Trinajstić information content (AvgIpc) is 3.53. The number of imidazole rings is 1. The molecule has 0 bridgehead atoms. The van der Waals surface area contributed by atoms with E-state index in [-0.39, 0.29) is 29.7 Å². The molecular weight excluding hydrogens is 568 g/mol. The van der Waals surface area contributed by atoms with Crippen LogP contribution in [0.2, 0.25) is 0 Å². The molecule has 0 spiro atoms. The fourth-order valence-electron chi connectivity index (χ4n) is 4.66. The second-order valence-electron chi connectivity index (χ2n) is 12.1. The van der Waals surface area contributed by atoms with E-state index in [9.17, 15) is 14.4 Å². The van der Waals surface area contributed by atoms with Crippen LogP contribution >= 0.6 is 0 Å². The van der Waals surface area contributed by atoms with Crippen molar-refractivity contribution in [3.05, 3.63) is 114 Å². The van der Waals surface area contributed by atoms with Crippen LogP contribution in [-0.4, -0.2) is 53.5 Å². The minimum Gasteiger partial charge on any atom is -0.492 e. The molecule has 3 aromatic carbocycles. The Hall–Kier alpha value is -4.96. The highest BCUT2D eigenvalue weighted by atomic mass is 16.5. The van der Waals surface area contributed by atoms with Gasteiger partial charge in [-0.15, -0.1) is 0 Å². The molecule has 0 aliphatic rings. The van der Waals surface area contributed by atoms with Gasteiger partial charge in [-0.2, -0.15) is 0 Å². The first-order valence-electron chi connectivity index (χ1n) is 15.0. The first kappa shape index (κ1) is 32.9. The van der Waals surface area contributed by atoms with Gasteiger partial charge in [0.05, 0.1) is 6.33 Å². The number of nitrogens with zero attached hydrogens (tertiary/aromatic N) is 2. The lowest BCUT2D eigenvalue weighted by Gasteiger charge is -2.26. The Morgan fingerprint density at radius 3 is 2.33 bits per heavy atom. The quantitative estimate of drug-likeness (QED) is 0.154. The van der Waals surface area contributed by atoms with Crippen molar-refractivity contribution >= 4 is 23.4 Å². The predicted molar refractivity (Wildman–Crippen MR) is 175 cm³/mol. The highest BCUT2D eigenvalue weighted by Gasteiger charge is 2.27. The molecule has 236 valence electrons.